The van der Waals surface area contributed by atoms with Crippen molar-refractivity contribution in [3.05, 3.63) is 29.1 Å². The van der Waals surface area contributed by atoms with Gasteiger partial charge in [-0.15, -0.1) is 0 Å². The van der Waals surface area contributed by atoms with Crippen molar-refractivity contribution in [1.82, 2.24) is 0 Å². The lowest BCUT2D eigenvalue weighted by atomic mass is 10.0. The largest absolute Gasteiger partial charge is 0.493 e. The van der Waals surface area contributed by atoms with E-state index < -0.39 is 23.3 Å². The topological polar surface area (TPSA) is 35.2 Å². The molecule has 16 heavy (non-hydrogen) atoms. The zero-order valence-electron chi connectivity index (χ0n) is 9.35. The Morgan fingerprint density at radius 1 is 1.38 bits per heavy atom. The molecule has 0 spiro atoms. The third-order valence-electron chi connectivity index (χ3n) is 2.27. The van der Waals surface area contributed by atoms with E-state index in [9.17, 15) is 13.2 Å². The Balaban J connectivity index is 3.40. The summed E-state index contributed by atoms with van der Waals surface area (Å²) >= 11 is 0. The van der Waals surface area contributed by atoms with Crippen molar-refractivity contribution in [1.29, 1.82) is 0 Å². The van der Waals surface area contributed by atoms with Gasteiger partial charge in [-0.25, -0.2) is 13.2 Å². The first-order valence-electron chi connectivity index (χ1n) is 4.78. The van der Waals surface area contributed by atoms with Crippen LogP contribution in [-0.2, 0) is 5.92 Å². The first kappa shape index (κ1) is 12.8. The molecule has 0 radical (unpaired) electrons. The van der Waals surface area contributed by atoms with Gasteiger partial charge in [-0.2, -0.15) is 0 Å². The third-order valence-corrected chi connectivity index (χ3v) is 2.27. The van der Waals surface area contributed by atoms with Gasteiger partial charge in [0.15, 0.2) is 11.6 Å². The van der Waals surface area contributed by atoms with Crippen LogP contribution in [0.3, 0.4) is 0 Å². The molecule has 0 bridgehead atoms. The van der Waals surface area contributed by atoms with Gasteiger partial charge in [-0.3, -0.25) is 0 Å². The number of alkyl halides is 2. The van der Waals surface area contributed by atoms with Crippen molar-refractivity contribution in [3.63, 3.8) is 0 Å². The smallest absolute Gasteiger partial charge is 0.270 e. The second-order valence-corrected chi connectivity index (χ2v) is 3.76. The van der Waals surface area contributed by atoms with E-state index in [4.69, 9.17) is 10.5 Å². The maximum Gasteiger partial charge on any atom is 0.270 e. The molecule has 90 valence electrons. The molecule has 0 aliphatic rings. The molecule has 2 N–H and O–H groups in total. The van der Waals surface area contributed by atoms with Crippen molar-refractivity contribution < 1.29 is 17.9 Å². The highest BCUT2D eigenvalue weighted by molar-refractivity contribution is 5.41. The van der Waals surface area contributed by atoms with Crippen molar-refractivity contribution >= 4 is 0 Å². The van der Waals surface area contributed by atoms with Gasteiger partial charge in [0, 0.05) is 24.1 Å². The Hall–Kier alpha value is -1.23. The molecule has 1 aromatic rings. The molecule has 5 heteroatoms. The van der Waals surface area contributed by atoms with Gasteiger partial charge >= 0.3 is 0 Å². The van der Waals surface area contributed by atoms with Crippen LogP contribution in [0.15, 0.2) is 12.1 Å². The van der Waals surface area contributed by atoms with E-state index in [1.165, 1.54) is 13.2 Å². The first-order valence-corrected chi connectivity index (χ1v) is 4.78. The number of methoxy groups -OCH3 is 1. The minimum Gasteiger partial charge on any atom is -0.493 e. The van der Waals surface area contributed by atoms with Crippen molar-refractivity contribution in [2.75, 3.05) is 7.11 Å². The lowest BCUT2D eigenvalue weighted by molar-refractivity contribution is 0.0170. The molecular formula is C11H14F3NO. The minimum atomic E-state index is -3.10. The minimum absolute atomic E-state index is 0.0806. The van der Waals surface area contributed by atoms with Crippen LogP contribution in [0.1, 0.15) is 31.0 Å². The third kappa shape index (κ3) is 2.47. The fourth-order valence-electron chi connectivity index (χ4n) is 1.42. The molecule has 2 nitrogen and oxygen atoms in total. The molecule has 0 amide bonds. The van der Waals surface area contributed by atoms with Crippen LogP contribution in [0.4, 0.5) is 13.2 Å². The van der Waals surface area contributed by atoms with Crippen LogP contribution >= 0.6 is 0 Å². The van der Waals surface area contributed by atoms with Crippen LogP contribution in [0.5, 0.6) is 5.75 Å². The Morgan fingerprint density at radius 3 is 2.31 bits per heavy atom. The summed E-state index contributed by atoms with van der Waals surface area (Å²) in [7, 11) is 1.27. The molecule has 0 saturated heterocycles. The van der Waals surface area contributed by atoms with Crippen LogP contribution in [0, 0.1) is 5.82 Å². The molecule has 1 atom stereocenters. The lowest BCUT2D eigenvalue weighted by Crippen LogP contribution is -2.13. The Kier molecular flexibility index (Phi) is 3.48. The highest BCUT2D eigenvalue weighted by Crippen LogP contribution is 2.34. The predicted octanol–water partition coefficient (Wildman–Crippen LogP) is 2.97. The van der Waals surface area contributed by atoms with Gasteiger partial charge in [-0.05, 0) is 19.1 Å². The van der Waals surface area contributed by atoms with Gasteiger partial charge in [0.05, 0.1) is 7.11 Å². The molecule has 0 fully saturated rings. The van der Waals surface area contributed by atoms with Gasteiger partial charge < -0.3 is 10.5 Å². The van der Waals surface area contributed by atoms with E-state index in [1.54, 1.807) is 6.92 Å². The second-order valence-electron chi connectivity index (χ2n) is 3.76. The highest BCUT2D eigenvalue weighted by Gasteiger charge is 2.27. The van der Waals surface area contributed by atoms with Crippen molar-refractivity contribution in [3.8, 4) is 5.75 Å². The van der Waals surface area contributed by atoms with E-state index in [2.05, 4.69) is 0 Å². The number of hydrogen-bond donors (Lipinski definition) is 1. The normalized spacial score (nSPS) is 13.7. The monoisotopic (exact) mass is 233 g/mol. The summed E-state index contributed by atoms with van der Waals surface area (Å²) in [4.78, 5) is 0. The van der Waals surface area contributed by atoms with Crippen LogP contribution < -0.4 is 10.5 Å². The molecule has 0 aromatic heterocycles. The summed E-state index contributed by atoms with van der Waals surface area (Å²) in [5, 5.41) is 0. The summed E-state index contributed by atoms with van der Waals surface area (Å²) in [6.07, 6.45) is 0. The number of ether oxygens (including phenoxy) is 1. The molecule has 0 saturated carbocycles. The number of halogens is 3. The summed E-state index contributed by atoms with van der Waals surface area (Å²) in [5.74, 6) is -4.01. The molecule has 1 unspecified atom stereocenters. The fourth-order valence-corrected chi connectivity index (χ4v) is 1.42. The van der Waals surface area contributed by atoms with Gasteiger partial charge in [0.25, 0.3) is 5.92 Å². The summed E-state index contributed by atoms with van der Waals surface area (Å²) < 4.78 is 44.4. The lowest BCUT2D eigenvalue weighted by Gasteiger charge is -2.17. The standard InChI is InChI=1S/C11H14F3NO/c1-6(15)8-4-7(11(2,13)14)5-9(12)10(8)16-3/h4-6H,15H2,1-3H3. The number of hydrogen-bond acceptors (Lipinski definition) is 2. The van der Waals surface area contributed by atoms with Crippen LogP contribution in [0.25, 0.3) is 0 Å². The Morgan fingerprint density at radius 2 is 1.94 bits per heavy atom. The maximum atomic E-state index is 13.5. The first-order chi connectivity index (χ1) is 7.27. The zero-order chi connectivity index (χ0) is 12.5. The Labute approximate surface area is 92.2 Å². The molecular weight excluding hydrogens is 219 g/mol. The average molecular weight is 233 g/mol. The number of rotatable bonds is 3. The quantitative estimate of drug-likeness (QED) is 0.871. The average Bonchev–Trinajstić information content (AvgIpc) is 2.14. The number of benzene rings is 1. The molecule has 0 aliphatic heterocycles. The maximum absolute atomic E-state index is 13.5. The van der Waals surface area contributed by atoms with E-state index in [-0.39, 0.29) is 11.3 Å². The van der Waals surface area contributed by atoms with Gasteiger partial charge in [0.2, 0.25) is 0 Å². The number of nitrogens with two attached hydrogens (primary N) is 1. The van der Waals surface area contributed by atoms with E-state index in [0.717, 1.165) is 6.07 Å². The molecule has 1 rings (SSSR count). The van der Waals surface area contributed by atoms with E-state index in [1.807, 2.05) is 0 Å². The highest BCUT2D eigenvalue weighted by atomic mass is 19.3. The van der Waals surface area contributed by atoms with Crippen LogP contribution in [-0.4, -0.2) is 7.11 Å². The fraction of sp³-hybridized carbons (Fsp3) is 0.455. The zero-order valence-corrected chi connectivity index (χ0v) is 9.35. The van der Waals surface area contributed by atoms with E-state index >= 15 is 0 Å². The molecule has 0 aliphatic carbocycles. The van der Waals surface area contributed by atoms with Crippen molar-refractivity contribution in [2.45, 2.75) is 25.8 Å². The molecule has 0 heterocycles. The summed E-state index contributed by atoms with van der Waals surface area (Å²) in [5.41, 5.74) is 5.41. The van der Waals surface area contributed by atoms with Crippen LogP contribution in [0.2, 0.25) is 0 Å². The Bertz CT molecular complexity index is 386. The summed E-state index contributed by atoms with van der Waals surface area (Å²) in [6, 6.07) is 1.36. The van der Waals surface area contributed by atoms with Crippen molar-refractivity contribution in [2.24, 2.45) is 5.73 Å². The summed E-state index contributed by atoms with van der Waals surface area (Å²) in [6.45, 7) is 2.29. The predicted molar refractivity (Wildman–Crippen MR) is 55.1 cm³/mol. The molecule has 1 aromatic carbocycles. The SMILES string of the molecule is COc1c(F)cc(C(C)(F)F)cc1C(C)N. The van der Waals surface area contributed by atoms with Gasteiger partial charge in [0.1, 0.15) is 0 Å². The van der Waals surface area contributed by atoms with E-state index in [0.29, 0.717) is 6.92 Å². The second kappa shape index (κ2) is 4.33. The van der Waals surface area contributed by atoms with Gasteiger partial charge in [-0.1, -0.05) is 0 Å².